The van der Waals surface area contributed by atoms with E-state index in [1.807, 2.05) is 0 Å². The highest BCUT2D eigenvalue weighted by atomic mass is 79.9. The molecule has 2 aromatic rings. The lowest BCUT2D eigenvalue weighted by molar-refractivity contribution is 0.493. The molecule has 4 N–H and O–H groups in total. The summed E-state index contributed by atoms with van der Waals surface area (Å²) in [6.07, 6.45) is 1.38. The number of hydrogen-bond acceptors (Lipinski definition) is 5. The van der Waals surface area contributed by atoms with Gasteiger partial charge in [-0.25, -0.2) is 13.1 Å². The van der Waals surface area contributed by atoms with Crippen LogP contribution in [-0.4, -0.2) is 19.7 Å². The van der Waals surface area contributed by atoms with Gasteiger partial charge in [0.25, 0.3) is 0 Å². The van der Waals surface area contributed by atoms with Gasteiger partial charge in [0.1, 0.15) is 11.5 Å². The predicted molar refractivity (Wildman–Crippen MR) is 94.4 cm³/mol. The average Bonchev–Trinajstić information content (AvgIpc) is 2.93. The van der Waals surface area contributed by atoms with Crippen molar-refractivity contribution in [1.29, 1.82) is 0 Å². The molecule has 0 unspecified atom stereocenters. The molecule has 0 atom stereocenters. The lowest BCUT2D eigenvalue weighted by Gasteiger charge is -2.05. The van der Waals surface area contributed by atoms with E-state index in [1.54, 1.807) is 24.3 Å². The van der Waals surface area contributed by atoms with Crippen LogP contribution >= 0.6 is 28.1 Å². The average molecular weight is 417 g/mol. The van der Waals surface area contributed by atoms with Crippen LogP contribution in [0.1, 0.15) is 11.5 Å². The molecule has 0 amide bonds. The Morgan fingerprint density at radius 3 is 2.65 bits per heavy atom. The highest BCUT2D eigenvalue weighted by molar-refractivity contribution is 9.10. The third kappa shape index (κ3) is 5.43. The van der Waals surface area contributed by atoms with Gasteiger partial charge in [0.15, 0.2) is 5.11 Å². The van der Waals surface area contributed by atoms with Crippen molar-refractivity contribution in [3.8, 4) is 0 Å². The van der Waals surface area contributed by atoms with Crippen molar-refractivity contribution in [2.75, 3.05) is 0 Å². The lowest BCUT2D eigenvalue weighted by atomic mass is 10.4. The van der Waals surface area contributed by atoms with E-state index >= 15 is 0 Å². The number of sulfonamides is 1. The molecular formula is C13H13BrN4O3S2. The van der Waals surface area contributed by atoms with E-state index in [0.717, 1.165) is 4.47 Å². The molecule has 0 spiro atoms. The molecule has 1 aromatic carbocycles. The third-order valence-electron chi connectivity index (χ3n) is 2.61. The quantitative estimate of drug-likeness (QED) is 0.375. The molecule has 0 bridgehead atoms. The van der Waals surface area contributed by atoms with Gasteiger partial charge in [-0.15, -0.1) is 0 Å². The van der Waals surface area contributed by atoms with Crippen LogP contribution in [0.2, 0.25) is 0 Å². The van der Waals surface area contributed by atoms with Crippen LogP contribution in [0.5, 0.6) is 0 Å². The number of hydrazone groups is 1. The van der Waals surface area contributed by atoms with E-state index in [2.05, 4.69) is 43.4 Å². The van der Waals surface area contributed by atoms with Gasteiger partial charge < -0.3 is 10.2 Å². The molecule has 1 aromatic heterocycles. The Morgan fingerprint density at radius 1 is 1.30 bits per heavy atom. The Balaban J connectivity index is 1.98. The van der Waals surface area contributed by atoms with Crippen molar-refractivity contribution in [2.45, 2.75) is 11.4 Å². The summed E-state index contributed by atoms with van der Waals surface area (Å²) in [4.78, 5) is 0.176. The number of furan rings is 1. The van der Waals surface area contributed by atoms with E-state index in [9.17, 15) is 8.42 Å². The smallest absolute Gasteiger partial charge is 0.240 e. The summed E-state index contributed by atoms with van der Waals surface area (Å²) in [7, 11) is -3.60. The second kappa shape index (κ2) is 7.68. The Labute approximate surface area is 147 Å². The van der Waals surface area contributed by atoms with Crippen molar-refractivity contribution in [2.24, 2.45) is 10.8 Å². The van der Waals surface area contributed by atoms with Crippen LogP contribution in [0, 0.1) is 0 Å². The largest absolute Gasteiger partial charge is 0.459 e. The molecule has 0 aliphatic carbocycles. The van der Waals surface area contributed by atoms with Crippen molar-refractivity contribution < 1.29 is 12.8 Å². The number of nitrogens with two attached hydrogens (primary N) is 1. The molecular weight excluding hydrogens is 404 g/mol. The van der Waals surface area contributed by atoms with Crippen molar-refractivity contribution in [1.82, 2.24) is 10.1 Å². The molecule has 0 fully saturated rings. The minimum Gasteiger partial charge on any atom is -0.459 e. The highest BCUT2D eigenvalue weighted by Gasteiger charge is 2.14. The summed E-state index contributed by atoms with van der Waals surface area (Å²) >= 11 is 7.85. The van der Waals surface area contributed by atoms with Crippen LogP contribution in [0.15, 0.2) is 55.3 Å². The minimum atomic E-state index is -3.60. The Morgan fingerprint density at radius 2 is 2.00 bits per heavy atom. The van der Waals surface area contributed by atoms with E-state index in [1.165, 1.54) is 18.3 Å². The molecule has 10 heteroatoms. The lowest BCUT2D eigenvalue weighted by Crippen LogP contribution is -2.24. The molecule has 7 nitrogen and oxygen atoms in total. The monoisotopic (exact) mass is 416 g/mol. The van der Waals surface area contributed by atoms with Gasteiger partial charge in [0, 0.05) is 4.47 Å². The fourth-order valence-corrected chi connectivity index (χ4v) is 2.89. The van der Waals surface area contributed by atoms with E-state index < -0.39 is 10.0 Å². The third-order valence-corrected chi connectivity index (χ3v) is 4.65. The highest BCUT2D eigenvalue weighted by Crippen LogP contribution is 2.15. The number of nitrogens with zero attached hydrogens (tertiary/aromatic N) is 1. The fourth-order valence-electron chi connectivity index (χ4n) is 1.58. The van der Waals surface area contributed by atoms with E-state index in [-0.39, 0.29) is 16.6 Å². The Hall–Kier alpha value is -1.75. The van der Waals surface area contributed by atoms with E-state index in [4.69, 9.17) is 10.2 Å². The first kappa shape index (κ1) is 17.6. The summed E-state index contributed by atoms with van der Waals surface area (Å²) < 4.78 is 32.9. The second-order valence-electron chi connectivity index (χ2n) is 4.32. The zero-order valence-corrected chi connectivity index (χ0v) is 14.9. The number of benzene rings is 1. The molecule has 0 aliphatic rings. The van der Waals surface area contributed by atoms with Crippen LogP contribution in [0.25, 0.3) is 0 Å². The molecule has 1 heterocycles. The van der Waals surface area contributed by atoms with Gasteiger partial charge in [0.05, 0.1) is 17.7 Å². The van der Waals surface area contributed by atoms with Gasteiger partial charge in [-0.05, 0) is 48.6 Å². The minimum absolute atomic E-state index is 0.0228. The number of hydrogen-bond donors (Lipinski definition) is 3. The van der Waals surface area contributed by atoms with Crippen molar-refractivity contribution in [3.63, 3.8) is 0 Å². The molecule has 0 radical (unpaired) electrons. The number of thiocarbonyl (C=S) groups is 1. The van der Waals surface area contributed by atoms with Gasteiger partial charge in [-0.2, -0.15) is 5.10 Å². The molecule has 0 saturated heterocycles. The maximum Gasteiger partial charge on any atom is 0.240 e. The summed E-state index contributed by atoms with van der Waals surface area (Å²) in [5, 5.41) is 3.78. The number of halogens is 1. The summed E-state index contributed by atoms with van der Waals surface area (Å²) in [6, 6.07) is 9.62. The topological polar surface area (TPSA) is 110 Å². The van der Waals surface area contributed by atoms with Crippen LogP contribution in [-0.2, 0) is 16.6 Å². The molecule has 23 heavy (non-hydrogen) atoms. The zero-order valence-electron chi connectivity index (χ0n) is 11.7. The molecule has 0 saturated carbocycles. The summed E-state index contributed by atoms with van der Waals surface area (Å²) in [6.45, 7) is 0.0228. The normalized spacial score (nSPS) is 11.7. The first-order chi connectivity index (χ1) is 10.9. The van der Waals surface area contributed by atoms with Gasteiger partial charge in [-0.1, -0.05) is 15.9 Å². The standard InChI is InChI=1S/C13H13BrN4O3S2/c14-9-1-5-12(6-2-9)23(19,20)17-8-11-4-3-10(21-11)7-16-18-13(15)22/h1-7,17H,8H2,(H3,15,18,22)/b16-7+. The summed E-state index contributed by atoms with van der Waals surface area (Å²) in [5.74, 6) is 0.883. The van der Waals surface area contributed by atoms with Crippen LogP contribution in [0.3, 0.4) is 0 Å². The Kier molecular flexibility index (Phi) is 5.88. The SMILES string of the molecule is NC(=S)N/N=C/c1ccc(CNS(=O)(=O)c2ccc(Br)cc2)o1. The maximum absolute atomic E-state index is 12.1. The van der Waals surface area contributed by atoms with Crippen molar-refractivity contribution in [3.05, 3.63) is 52.4 Å². The maximum atomic E-state index is 12.1. The second-order valence-corrected chi connectivity index (χ2v) is 7.44. The molecule has 122 valence electrons. The molecule has 0 aliphatic heterocycles. The zero-order chi connectivity index (χ0) is 16.9. The van der Waals surface area contributed by atoms with Gasteiger partial charge >= 0.3 is 0 Å². The predicted octanol–water partition coefficient (Wildman–Crippen LogP) is 1.69. The number of rotatable bonds is 6. The van der Waals surface area contributed by atoms with Gasteiger partial charge in [0.2, 0.25) is 10.0 Å². The van der Waals surface area contributed by atoms with Crippen LogP contribution < -0.4 is 15.9 Å². The first-order valence-electron chi connectivity index (χ1n) is 6.29. The van der Waals surface area contributed by atoms with Crippen LogP contribution in [0.4, 0.5) is 0 Å². The van der Waals surface area contributed by atoms with E-state index in [0.29, 0.717) is 11.5 Å². The Bertz CT molecular complexity index is 816. The van der Waals surface area contributed by atoms with Crippen molar-refractivity contribution >= 4 is 49.5 Å². The first-order valence-corrected chi connectivity index (χ1v) is 8.98. The molecule has 2 rings (SSSR count). The fraction of sp³-hybridized carbons (Fsp3) is 0.0769. The summed E-state index contributed by atoms with van der Waals surface area (Å²) in [5.41, 5.74) is 7.61. The number of nitrogens with one attached hydrogen (secondary N) is 2. The van der Waals surface area contributed by atoms with Gasteiger partial charge in [-0.3, -0.25) is 5.43 Å².